The van der Waals surface area contributed by atoms with Crippen LogP contribution in [0.3, 0.4) is 0 Å². The maximum atomic E-state index is 12.7. The lowest BCUT2D eigenvalue weighted by atomic mass is 10.1. The highest BCUT2D eigenvalue weighted by Crippen LogP contribution is 2.38. The highest BCUT2D eigenvalue weighted by molar-refractivity contribution is 7.12. The van der Waals surface area contributed by atoms with Gasteiger partial charge in [-0.05, 0) is 50.6 Å². The van der Waals surface area contributed by atoms with Crippen LogP contribution in [0.15, 0.2) is 28.6 Å². The van der Waals surface area contributed by atoms with Crippen molar-refractivity contribution in [3.05, 3.63) is 44.6 Å². The minimum Gasteiger partial charge on any atom is -0.347 e. The lowest BCUT2D eigenvalue weighted by molar-refractivity contribution is 0.0924. The number of aromatic amines is 1. The highest BCUT2D eigenvalue weighted by atomic mass is 32.1. The van der Waals surface area contributed by atoms with E-state index in [0.717, 1.165) is 36.8 Å². The molecule has 1 fully saturated rings. The summed E-state index contributed by atoms with van der Waals surface area (Å²) in [6.07, 6.45) is 7.88. The van der Waals surface area contributed by atoms with E-state index in [4.69, 9.17) is 0 Å². The second-order valence-electron chi connectivity index (χ2n) is 8.66. The number of nitrogens with one attached hydrogen (secondary N) is 2. The fraction of sp³-hybridized carbons (Fsp3) is 0.409. The minimum absolute atomic E-state index is 0.125. The van der Waals surface area contributed by atoms with Gasteiger partial charge in [-0.3, -0.25) is 9.59 Å². The maximum Gasteiger partial charge on any atom is 0.261 e. The summed E-state index contributed by atoms with van der Waals surface area (Å²) in [4.78, 5) is 28.6. The van der Waals surface area contributed by atoms with Gasteiger partial charge in [0.25, 0.3) is 11.5 Å². The summed E-state index contributed by atoms with van der Waals surface area (Å²) in [7, 11) is 0. The van der Waals surface area contributed by atoms with Crippen LogP contribution in [0.5, 0.6) is 0 Å². The van der Waals surface area contributed by atoms with Crippen LogP contribution >= 0.6 is 11.3 Å². The molecule has 0 spiro atoms. The zero-order valence-electron chi connectivity index (χ0n) is 16.8. The molecule has 0 aromatic carbocycles. The number of fused-ring (bicyclic) bond motifs is 1. The number of pyridine rings is 1. The number of hydrogen-bond acceptors (Lipinski definition) is 4. The summed E-state index contributed by atoms with van der Waals surface area (Å²) in [6, 6.07) is 4.35. The molecule has 0 bridgehead atoms. The summed E-state index contributed by atoms with van der Waals surface area (Å²) in [5.41, 5.74) is 2.24. The van der Waals surface area contributed by atoms with Crippen molar-refractivity contribution < 1.29 is 4.79 Å². The molecule has 1 amide bonds. The van der Waals surface area contributed by atoms with Crippen LogP contribution in [-0.2, 0) is 0 Å². The molecule has 6 nitrogen and oxygen atoms in total. The Kier molecular flexibility index (Phi) is 4.83. The molecule has 0 atom stereocenters. The van der Waals surface area contributed by atoms with Crippen molar-refractivity contribution in [1.82, 2.24) is 14.9 Å². The van der Waals surface area contributed by atoms with Crippen molar-refractivity contribution in [1.29, 1.82) is 5.26 Å². The molecule has 3 aromatic heterocycles. The van der Waals surface area contributed by atoms with Gasteiger partial charge in [0.05, 0.1) is 21.3 Å². The average Bonchev–Trinajstić information content (AvgIpc) is 3.39. The number of nitrogens with zero attached hydrogens (tertiary/aromatic N) is 2. The molecule has 1 aliphatic rings. The van der Waals surface area contributed by atoms with Crippen LogP contribution in [0.2, 0.25) is 0 Å². The minimum atomic E-state index is -0.321. The van der Waals surface area contributed by atoms with Gasteiger partial charge in [-0.2, -0.15) is 5.26 Å². The Morgan fingerprint density at radius 2 is 2.07 bits per heavy atom. The topological polar surface area (TPSA) is 90.7 Å². The molecular formula is C22H24N4O2S. The second-order valence-corrected chi connectivity index (χ2v) is 9.57. The first-order valence-electron chi connectivity index (χ1n) is 9.86. The number of hydrogen-bond donors (Lipinski definition) is 2. The van der Waals surface area contributed by atoms with E-state index in [-0.39, 0.29) is 17.0 Å². The quantitative estimate of drug-likeness (QED) is 0.665. The van der Waals surface area contributed by atoms with Crippen molar-refractivity contribution in [2.24, 2.45) is 0 Å². The number of rotatable bonds is 3. The lowest BCUT2D eigenvalue weighted by Gasteiger charge is -2.19. The molecule has 7 heteroatoms. The molecule has 4 rings (SSSR count). The predicted octanol–water partition coefficient (Wildman–Crippen LogP) is 4.57. The molecule has 0 aliphatic heterocycles. The van der Waals surface area contributed by atoms with Gasteiger partial charge in [-0.1, -0.05) is 12.8 Å². The van der Waals surface area contributed by atoms with Gasteiger partial charge in [-0.25, -0.2) is 0 Å². The summed E-state index contributed by atoms with van der Waals surface area (Å²) < 4.78 is 2.11. The summed E-state index contributed by atoms with van der Waals surface area (Å²) in [5.74, 6) is -0.125. The third-order valence-corrected chi connectivity index (χ3v) is 6.25. The summed E-state index contributed by atoms with van der Waals surface area (Å²) in [6.45, 7) is 5.83. The first-order chi connectivity index (χ1) is 13.8. The van der Waals surface area contributed by atoms with Crippen molar-refractivity contribution in [3.63, 3.8) is 0 Å². The molecule has 150 valence electrons. The van der Waals surface area contributed by atoms with Crippen LogP contribution in [0, 0.1) is 11.3 Å². The van der Waals surface area contributed by atoms with E-state index >= 15 is 0 Å². The number of thiophene rings is 1. The molecule has 1 saturated carbocycles. The van der Waals surface area contributed by atoms with E-state index < -0.39 is 0 Å². The first kappa shape index (κ1) is 19.5. The Bertz CT molecular complexity index is 1180. The van der Waals surface area contributed by atoms with Gasteiger partial charge >= 0.3 is 0 Å². The van der Waals surface area contributed by atoms with Gasteiger partial charge in [0.15, 0.2) is 0 Å². The van der Waals surface area contributed by atoms with E-state index in [2.05, 4.69) is 20.9 Å². The van der Waals surface area contributed by atoms with Crippen LogP contribution in [-0.4, -0.2) is 21.0 Å². The molecule has 1 aliphatic carbocycles. The predicted molar refractivity (Wildman–Crippen MR) is 115 cm³/mol. The SMILES string of the molecule is CC(C)(C)NC(=O)c1cc(-c2cn(C3CCCC3)c3c(C#N)c[nH]c(=O)c23)cs1. The zero-order chi connectivity index (χ0) is 20.8. The Balaban J connectivity index is 1.86. The highest BCUT2D eigenvalue weighted by Gasteiger charge is 2.25. The van der Waals surface area contributed by atoms with Gasteiger partial charge in [0.2, 0.25) is 0 Å². The fourth-order valence-corrected chi connectivity index (χ4v) is 4.88. The number of carbonyl (C=O) groups is 1. The van der Waals surface area contributed by atoms with Crippen molar-refractivity contribution >= 4 is 28.1 Å². The largest absolute Gasteiger partial charge is 0.347 e. The van der Waals surface area contributed by atoms with Gasteiger partial charge in [0, 0.05) is 29.5 Å². The average molecular weight is 409 g/mol. The van der Waals surface area contributed by atoms with Gasteiger partial charge < -0.3 is 14.9 Å². The van der Waals surface area contributed by atoms with E-state index in [9.17, 15) is 14.9 Å². The molecule has 0 radical (unpaired) electrons. The number of amides is 1. The molecule has 3 aromatic rings. The number of carbonyl (C=O) groups excluding carboxylic acids is 1. The molecular weight excluding hydrogens is 384 g/mol. The zero-order valence-corrected chi connectivity index (χ0v) is 17.7. The maximum absolute atomic E-state index is 12.7. The first-order valence-corrected chi connectivity index (χ1v) is 10.7. The molecule has 0 unspecified atom stereocenters. The number of H-pyrrole nitrogens is 1. The monoisotopic (exact) mass is 408 g/mol. The molecule has 29 heavy (non-hydrogen) atoms. The summed E-state index contributed by atoms with van der Waals surface area (Å²) >= 11 is 1.36. The van der Waals surface area contributed by atoms with E-state index in [1.54, 1.807) is 0 Å². The standard InChI is InChI=1S/C22H24N4O2S/c1-22(2,3)25-20(27)17-8-13(12-29-17)16-11-26(15-6-4-5-7-15)19-14(9-23)10-24-21(28)18(16)19/h8,10-12,15H,4-7H2,1-3H3,(H,24,28)(H,25,27). The van der Waals surface area contributed by atoms with Gasteiger partial charge in [-0.15, -0.1) is 11.3 Å². The lowest BCUT2D eigenvalue weighted by Crippen LogP contribution is -2.40. The van der Waals surface area contributed by atoms with Crippen molar-refractivity contribution in [2.75, 3.05) is 0 Å². The smallest absolute Gasteiger partial charge is 0.261 e. The van der Waals surface area contributed by atoms with Crippen LogP contribution in [0.1, 0.15) is 67.7 Å². The third-order valence-electron chi connectivity index (χ3n) is 5.32. The van der Waals surface area contributed by atoms with Crippen LogP contribution in [0.4, 0.5) is 0 Å². The molecule has 0 saturated heterocycles. The van der Waals surface area contributed by atoms with E-state index in [0.29, 0.717) is 27.4 Å². The Hall–Kier alpha value is -2.85. The molecule has 3 heterocycles. The Morgan fingerprint density at radius 1 is 1.34 bits per heavy atom. The number of nitriles is 1. The number of aromatic nitrogens is 2. The fourth-order valence-electron chi connectivity index (χ4n) is 4.08. The summed E-state index contributed by atoms with van der Waals surface area (Å²) in [5, 5.41) is 15.0. The van der Waals surface area contributed by atoms with Gasteiger partial charge in [0.1, 0.15) is 6.07 Å². The van der Waals surface area contributed by atoms with E-state index in [1.165, 1.54) is 17.5 Å². The second kappa shape index (κ2) is 7.20. The van der Waals surface area contributed by atoms with Crippen molar-refractivity contribution in [3.8, 4) is 17.2 Å². The third kappa shape index (κ3) is 3.60. The Labute approximate surface area is 173 Å². The van der Waals surface area contributed by atoms with Crippen LogP contribution in [0.25, 0.3) is 22.0 Å². The Morgan fingerprint density at radius 3 is 2.72 bits per heavy atom. The normalized spacial score (nSPS) is 15.0. The molecule has 2 N–H and O–H groups in total. The van der Waals surface area contributed by atoms with Crippen LogP contribution < -0.4 is 10.9 Å². The van der Waals surface area contributed by atoms with Crippen molar-refractivity contribution in [2.45, 2.75) is 58.0 Å². The van der Waals surface area contributed by atoms with E-state index in [1.807, 2.05) is 38.4 Å².